The van der Waals surface area contributed by atoms with Gasteiger partial charge in [-0.15, -0.1) is 0 Å². The van der Waals surface area contributed by atoms with Gasteiger partial charge in [-0.2, -0.15) is 0 Å². The maximum absolute atomic E-state index is 12.8. The molecule has 1 aliphatic carbocycles. The van der Waals surface area contributed by atoms with E-state index in [1.807, 2.05) is 42.5 Å². The average molecular weight is 358 g/mol. The second-order valence-electron chi connectivity index (χ2n) is 6.64. The number of carbonyl (C=O) groups is 1. The Morgan fingerprint density at radius 2 is 1.84 bits per heavy atom. The first-order chi connectivity index (χ1) is 12.2. The van der Waals surface area contributed by atoms with Crippen LogP contribution < -0.4 is 14.8 Å². The van der Waals surface area contributed by atoms with Gasteiger partial charge in [-0.1, -0.05) is 36.2 Å². The van der Waals surface area contributed by atoms with E-state index in [-0.39, 0.29) is 18.1 Å². The standard InChI is InChI=1S/C20H20ClNO3/c21-16-5-3-15(4-6-16)20(9-1-10-20)19(23)22-11-8-14-2-7-17-18(12-14)25-13-24-17/h2-7,12H,1,8-11,13H2,(H,22,23). The highest BCUT2D eigenvalue weighted by Crippen LogP contribution is 2.44. The minimum absolute atomic E-state index is 0.113. The number of fused-ring (bicyclic) bond motifs is 1. The predicted octanol–water partition coefficient (Wildman–Crippen LogP) is 3.85. The summed E-state index contributed by atoms with van der Waals surface area (Å²) in [6.45, 7) is 0.882. The molecule has 4 nitrogen and oxygen atoms in total. The topological polar surface area (TPSA) is 47.6 Å². The summed E-state index contributed by atoms with van der Waals surface area (Å²) in [4.78, 5) is 12.8. The van der Waals surface area contributed by atoms with E-state index in [2.05, 4.69) is 5.32 Å². The van der Waals surface area contributed by atoms with Crippen LogP contribution in [0.3, 0.4) is 0 Å². The third-order valence-electron chi connectivity index (χ3n) is 5.17. The van der Waals surface area contributed by atoms with Crippen LogP contribution in [0.2, 0.25) is 5.02 Å². The summed E-state index contributed by atoms with van der Waals surface area (Å²) < 4.78 is 10.7. The molecule has 1 heterocycles. The van der Waals surface area contributed by atoms with Crippen molar-refractivity contribution in [3.63, 3.8) is 0 Å². The van der Waals surface area contributed by atoms with Crippen LogP contribution in [0, 0.1) is 0 Å². The van der Waals surface area contributed by atoms with Crippen LogP contribution in [-0.2, 0) is 16.6 Å². The van der Waals surface area contributed by atoms with E-state index in [0.717, 1.165) is 48.3 Å². The number of halogens is 1. The van der Waals surface area contributed by atoms with Crippen molar-refractivity contribution < 1.29 is 14.3 Å². The molecular weight excluding hydrogens is 338 g/mol. The molecule has 4 rings (SSSR count). The Morgan fingerprint density at radius 1 is 1.08 bits per heavy atom. The molecule has 130 valence electrons. The van der Waals surface area contributed by atoms with Crippen molar-refractivity contribution in [2.24, 2.45) is 0 Å². The zero-order chi connectivity index (χ0) is 17.3. The Kier molecular flexibility index (Phi) is 4.30. The van der Waals surface area contributed by atoms with E-state index >= 15 is 0 Å². The van der Waals surface area contributed by atoms with Gasteiger partial charge in [-0.25, -0.2) is 0 Å². The molecule has 2 aromatic rings. The molecule has 25 heavy (non-hydrogen) atoms. The molecule has 0 spiro atoms. The third-order valence-corrected chi connectivity index (χ3v) is 5.43. The van der Waals surface area contributed by atoms with Crippen molar-refractivity contribution in [1.82, 2.24) is 5.32 Å². The quantitative estimate of drug-likeness (QED) is 0.884. The van der Waals surface area contributed by atoms with Crippen LogP contribution in [0.25, 0.3) is 0 Å². The molecule has 1 amide bonds. The van der Waals surface area contributed by atoms with Gasteiger partial charge in [0.1, 0.15) is 0 Å². The average Bonchev–Trinajstić information content (AvgIpc) is 3.03. The third kappa shape index (κ3) is 3.07. The molecule has 0 unspecified atom stereocenters. The van der Waals surface area contributed by atoms with Crippen molar-refractivity contribution >= 4 is 17.5 Å². The summed E-state index contributed by atoms with van der Waals surface area (Å²) in [7, 11) is 0. The van der Waals surface area contributed by atoms with Gasteiger partial charge >= 0.3 is 0 Å². The lowest BCUT2D eigenvalue weighted by molar-refractivity contribution is -0.129. The molecule has 0 atom stereocenters. The van der Waals surface area contributed by atoms with Crippen LogP contribution in [0.4, 0.5) is 0 Å². The first-order valence-corrected chi connectivity index (χ1v) is 8.98. The van der Waals surface area contributed by atoms with E-state index in [1.165, 1.54) is 0 Å². The summed E-state index contributed by atoms with van der Waals surface area (Å²) in [5, 5.41) is 3.81. The van der Waals surface area contributed by atoms with Gasteiger partial charge < -0.3 is 14.8 Å². The molecule has 0 bridgehead atoms. The number of hydrogen-bond donors (Lipinski definition) is 1. The summed E-state index contributed by atoms with van der Waals surface area (Å²) in [5.74, 6) is 1.67. The SMILES string of the molecule is O=C(NCCc1ccc2c(c1)OCO2)C1(c2ccc(Cl)cc2)CCC1. The Hall–Kier alpha value is -2.20. The van der Waals surface area contributed by atoms with Crippen LogP contribution in [0.5, 0.6) is 11.5 Å². The second kappa shape index (κ2) is 6.60. The van der Waals surface area contributed by atoms with Gasteiger partial charge in [0.15, 0.2) is 11.5 Å². The lowest BCUT2D eigenvalue weighted by Crippen LogP contribution is -2.49. The molecule has 2 aliphatic rings. The number of ether oxygens (including phenoxy) is 2. The Bertz CT molecular complexity index is 784. The molecule has 1 fully saturated rings. The minimum Gasteiger partial charge on any atom is -0.454 e. The molecular formula is C20H20ClNO3. The summed E-state index contributed by atoms with van der Waals surface area (Å²) in [5.41, 5.74) is 1.79. The van der Waals surface area contributed by atoms with Crippen molar-refractivity contribution in [3.05, 3.63) is 58.6 Å². The number of benzene rings is 2. The van der Waals surface area contributed by atoms with Crippen LogP contribution in [-0.4, -0.2) is 19.2 Å². The zero-order valence-electron chi connectivity index (χ0n) is 13.9. The van der Waals surface area contributed by atoms with E-state index in [1.54, 1.807) is 0 Å². The van der Waals surface area contributed by atoms with Gasteiger partial charge in [0.25, 0.3) is 0 Å². The van der Waals surface area contributed by atoms with Gasteiger partial charge in [0, 0.05) is 11.6 Å². The van der Waals surface area contributed by atoms with Crippen LogP contribution >= 0.6 is 11.6 Å². The lowest BCUT2D eigenvalue weighted by Gasteiger charge is -2.40. The molecule has 5 heteroatoms. The highest BCUT2D eigenvalue weighted by atomic mass is 35.5. The minimum atomic E-state index is -0.389. The number of hydrogen-bond acceptors (Lipinski definition) is 3. The molecule has 1 N–H and O–H groups in total. The van der Waals surface area contributed by atoms with Gasteiger partial charge in [0.2, 0.25) is 12.7 Å². The summed E-state index contributed by atoms with van der Waals surface area (Å²) >= 11 is 5.97. The molecule has 1 aliphatic heterocycles. The van der Waals surface area contributed by atoms with E-state index in [4.69, 9.17) is 21.1 Å². The lowest BCUT2D eigenvalue weighted by atomic mass is 9.64. The van der Waals surface area contributed by atoms with Crippen molar-refractivity contribution in [3.8, 4) is 11.5 Å². The van der Waals surface area contributed by atoms with Crippen LogP contribution in [0.1, 0.15) is 30.4 Å². The first kappa shape index (κ1) is 16.3. The highest BCUT2D eigenvalue weighted by molar-refractivity contribution is 6.30. The second-order valence-corrected chi connectivity index (χ2v) is 7.07. The normalized spacial score (nSPS) is 17.0. The Labute approximate surface area is 152 Å². The largest absolute Gasteiger partial charge is 0.454 e. The molecule has 0 saturated heterocycles. The van der Waals surface area contributed by atoms with Crippen LogP contribution in [0.15, 0.2) is 42.5 Å². The molecule has 0 radical (unpaired) electrons. The fraction of sp³-hybridized carbons (Fsp3) is 0.350. The van der Waals surface area contributed by atoms with Crippen molar-refractivity contribution in [2.45, 2.75) is 31.1 Å². The monoisotopic (exact) mass is 357 g/mol. The Morgan fingerprint density at radius 3 is 2.56 bits per heavy atom. The van der Waals surface area contributed by atoms with Gasteiger partial charge in [-0.3, -0.25) is 4.79 Å². The first-order valence-electron chi connectivity index (χ1n) is 8.60. The van der Waals surface area contributed by atoms with Gasteiger partial charge in [-0.05, 0) is 54.7 Å². The van der Waals surface area contributed by atoms with E-state index in [0.29, 0.717) is 11.6 Å². The number of carbonyl (C=O) groups excluding carboxylic acids is 1. The molecule has 0 aromatic heterocycles. The van der Waals surface area contributed by atoms with Crippen molar-refractivity contribution in [2.75, 3.05) is 13.3 Å². The summed E-state index contributed by atoms with van der Waals surface area (Å²) in [6.07, 6.45) is 3.63. The maximum Gasteiger partial charge on any atom is 0.231 e. The zero-order valence-corrected chi connectivity index (χ0v) is 14.6. The summed E-state index contributed by atoms with van der Waals surface area (Å²) in [6, 6.07) is 13.6. The number of amides is 1. The molecule has 1 saturated carbocycles. The number of rotatable bonds is 5. The van der Waals surface area contributed by atoms with E-state index < -0.39 is 0 Å². The fourth-order valence-electron chi connectivity index (χ4n) is 3.53. The fourth-order valence-corrected chi connectivity index (χ4v) is 3.66. The van der Waals surface area contributed by atoms with Gasteiger partial charge in [0.05, 0.1) is 5.41 Å². The molecule has 2 aromatic carbocycles. The predicted molar refractivity (Wildman–Crippen MR) is 96.3 cm³/mol. The smallest absolute Gasteiger partial charge is 0.231 e. The Balaban J connectivity index is 1.39. The maximum atomic E-state index is 12.8. The van der Waals surface area contributed by atoms with E-state index in [9.17, 15) is 4.79 Å². The van der Waals surface area contributed by atoms with Crippen molar-refractivity contribution in [1.29, 1.82) is 0 Å². The number of nitrogens with one attached hydrogen (secondary N) is 1. The highest BCUT2D eigenvalue weighted by Gasteiger charge is 2.45.